The predicted octanol–water partition coefficient (Wildman–Crippen LogP) is 1.70. The van der Waals surface area contributed by atoms with Crippen molar-refractivity contribution < 1.29 is 27.2 Å². The molecule has 0 saturated heterocycles. The molecule has 144 valence electrons. The molecule has 0 fully saturated rings. The molecule has 2 amide bonds. The van der Waals surface area contributed by atoms with Gasteiger partial charge in [-0.1, -0.05) is 18.2 Å². The summed E-state index contributed by atoms with van der Waals surface area (Å²) in [6, 6.07) is 11.1. The fourth-order valence-corrected chi connectivity index (χ4v) is 3.71. The fraction of sp³-hybridized carbons (Fsp3) is 0.111. The number of hydrazine groups is 1. The standard InChI is InChI=1S/C18H15N3O6S/c1-10-12-4-2-3-5-14(12)27-17(10)18(23)20-21-28(24,25)11-6-7-15-13(8-11)19-16(22)9-26-15/h2-8,21H,9H2,1H3,(H,19,22)(H,20,23). The maximum Gasteiger partial charge on any atom is 0.302 e. The molecule has 28 heavy (non-hydrogen) atoms. The highest BCUT2D eigenvalue weighted by molar-refractivity contribution is 7.89. The van der Waals surface area contributed by atoms with E-state index in [0.29, 0.717) is 16.9 Å². The molecule has 3 N–H and O–H groups in total. The number of nitrogens with one attached hydrogen (secondary N) is 3. The van der Waals surface area contributed by atoms with Crippen molar-refractivity contribution in [3.05, 3.63) is 53.8 Å². The molecule has 0 spiro atoms. The van der Waals surface area contributed by atoms with E-state index >= 15 is 0 Å². The first-order chi connectivity index (χ1) is 13.3. The first-order valence-corrected chi connectivity index (χ1v) is 9.70. The van der Waals surface area contributed by atoms with Crippen molar-refractivity contribution in [1.82, 2.24) is 10.3 Å². The second-order valence-corrected chi connectivity index (χ2v) is 7.79. The molecule has 0 atom stereocenters. The number of hydrogen-bond donors (Lipinski definition) is 3. The van der Waals surface area contributed by atoms with E-state index in [2.05, 4.69) is 10.7 Å². The monoisotopic (exact) mass is 401 g/mol. The Hall–Kier alpha value is -3.37. The van der Waals surface area contributed by atoms with Gasteiger partial charge < -0.3 is 14.5 Å². The summed E-state index contributed by atoms with van der Waals surface area (Å²) in [5.74, 6) is -0.744. The first kappa shape index (κ1) is 18.0. The summed E-state index contributed by atoms with van der Waals surface area (Å²) >= 11 is 0. The van der Waals surface area contributed by atoms with E-state index in [9.17, 15) is 18.0 Å². The van der Waals surface area contributed by atoms with E-state index in [4.69, 9.17) is 9.15 Å². The molecule has 2 heterocycles. The van der Waals surface area contributed by atoms with Gasteiger partial charge in [0.05, 0.1) is 10.6 Å². The van der Waals surface area contributed by atoms with Crippen LogP contribution >= 0.6 is 0 Å². The fourth-order valence-electron chi connectivity index (χ4n) is 2.85. The van der Waals surface area contributed by atoms with Gasteiger partial charge in [-0.15, -0.1) is 4.83 Å². The summed E-state index contributed by atoms with van der Waals surface area (Å²) < 4.78 is 35.7. The van der Waals surface area contributed by atoms with Crippen molar-refractivity contribution >= 4 is 38.5 Å². The number of anilines is 1. The molecular formula is C18H15N3O6S. The third kappa shape index (κ3) is 3.19. The first-order valence-electron chi connectivity index (χ1n) is 8.22. The molecule has 3 aromatic rings. The molecule has 0 unspecified atom stereocenters. The lowest BCUT2D eigenvalue weighted by Gasteiger charge is -2.18. The van der Waals surface area contributed by atoms with Gasteiger partial charge in [-0.2, -0.15) is 0 Å². The van der Waals surface area contributed by atoms with Crippen molar-refractivity contribution in [2.24, 2.45) is 0 Å². The lowest BCUT2D eigenvalue weighted by molar-refractivity contribution is -0.118. The van der Waals surface area contributed by atoms with E-state index in [1.54, 1.807) is 25.1 Å². The number of fused-ring (bicyclic) bond motifs is 2. The van der Waals surface area contributed by atoms with Crippen LogP contribution in [0, 0.1) is 6.92 Å². The third-order valence-corrected chi connectivity index (χ3v) is 5.49. The number of ether oxygens (including phenoxy) is 1. The lowest BCUT2D eigenvalue weighted by atomic mass is 10.1. The molecule has 0 aliphatic carbocycles. The van der Waals surface area contributed by atoms with Crippen LogP contribution in [0.5, 0.6) is 5.75 Å². The second kappa shape index (κ2) is 6.66. The predicted molar refractivity (Wildman–Crippen MR) is 99.3 cm³/mol. The van der Waals surface area contributed by atoms with Gasteiger partial charge in [-0.3, -0.25) is 15.0 Å². The number of para-hydroxylation sites is 1. The molecule has 0 bridgehead atoms. The molecule has 0 radical (unpaired) electrons. The SMILES string of the molecule is Cc1c(C(=O)NNS(=O)(=O)c2ccc3c(c2)NC(=O)CO3)oc2ccccc12. The highest BCUT2D eigenvalue weighted by Crippen LogP contribution is 2.30. The summed E-state index contributed by atoms with van der Waals surface area (Å²) in [6.07, 6.45) is 0. The second-order valence-electron chi connectivity index (χ2n) is 6.11. The van der Waals surface area contributed by atoms with Gasteiger partial charge in [-0.25, -0.2) is 8.42 Å². The molecule has 10 heteroatoms. The Bertz CT molecular complexity index is 1220. The minimum atomic E-state index is -4.09. The van der Waals surface area contributed by atoms with Crippen LogP contribution in [-0.4, -0.2) is 26.8 Å². The van der Waals surface area contributed by atoms with E-state index < -0.39 is 15.9 Å². The number of carbonyl (C=O) groups is 2. The smallest absolute Gasteiger partial charge is 0.302 e. The number of carbonyl (C=O) groups excluding carboxylic acids is 2. The lowest BCUT2D eigenvalue weighted by Crippen LogP contribution is -2.41. The summed E-state index contributed by atoms with van der Waals surface area (Å²) in [4.78, 5) is 25.6. The number of furan rings is 1. The summed E-state index contributed by atoms with van der Waals surface area (Å²) in [5.41, 5.74) is 3.50. The Labute approximate surface area is 159 Å². The van der Waals surface area contributed by atoms with Crippen molar-refractivity contribution in [3.8, 4) is 5.75 Å². The maximum absolute atomic E-state index is 12.5. The zero-order valence-electron chi connectivity index (χ0n) is 14.6. The van der Waals surface area contributed by atoms with Crippen LogP contribution in [0.2, 0.25) is 0 Å². The number of aryl methyl sites for hydroxylation is 1. The van der Waals surface area contributed by atoms with Gasteiger partial charge in [0, 0.05) is 10.9 Å². The van der Waals surface area contributed by atoms with Gasteiger partial charge in [0.1, 0.15) is 11.3 Å². The normalized spacial score (nSPS) is 13.5. The van der Waals surface area contributed by atoms with Crippen LogP contribution in [0.3, 0.4) is 0 Å². The van der Waals surface area contributed by atoms with Gasteiger partial charge in [0.15, 0.2) is 12.4 Å². The summed E-state index contributed by atoms with van der Waals surface area (Å²) in [6.45, 7) is 1.58. The third-order valence-electron chi connectivity index (χ3n) is 4.24. The average Bonchev–Trinajstić information content (AvgIpc) is 3.02. The molecule has 2 aromatic carbocycles. The van der Waals surface area contributed by atoms with E-state index in [1.807, 2.05) is 10.9 Å². The Morgan fingerprint density at radius 1 is 1.18 bits per heavy atom. The average molecular weight is 401 g/mol. The Balaban J connectivity index is 1.53. The van der Waals surface area contributed by atoms with Crippen LogP contribution in [-0.2, 0) is 14.8 Å². The van der Waals surface area contributed by atoms with Crippen molar-refractivity contribution in [3.63, 3.8) is 0 Å². The van der Waals surface area contributed by atoms with Crippen molar-refractivity contribution in [2.75, 3.05) is 11.9 Å². The van der Waals surface area contributed by atoms with Crippen LogP contribution in [0.1, 0.15) is 16.1 Å². The highest BCUT2D eigenvalue weighted by atomic mass is 32.2. The molecule has 1 aliphatic heterocycles. The zero-order chi connectivity index (χ0) is 19.9. The highest BCUT2D eigenvalue weighted by Gasteiger charge is 2.23. The Morgan fingerprint density at radius 3 is 2.75 bits per heavy atom. The molecule has 1 aromatic heterocycles. The molecular weight excluding hydrogens is 386 g/mol. The summed E-state index contributed by atoms with van der Waals surface area (Å²) in [7, 11) is -4.09. The number of rotatable bonds is 4. The number of amides is 2. The van der Waals surface area contributed by atoms with Gasteiger partial charge in [0.2, 0.25) is 0 Å². The van der Waals surface area contributed by atoms with E-state index in [1.165, 1.54) is 18.2 Å². The zero-order valence-corrected chi connectivity index (χ0v) is 15.4. The van der Waals surface area contributed by atoms with Crippen LogP contribution < -0.4 is 20.3 Å². The summed E-state index contributed by atoms with van der Waals surface area (Å²) in [5, 5.41) is 3.29. The minimum Gasteiger partial charge on any atom is -0.482 e. The van der Waals surface area contributed by atoms with Crippen molar-refractivity contribution in [2.45, 2.75) is 11.8 Å². The quantitative estimate of drug-likeness (QED) is 0.571. The molecule has 0 saturated carbocycles. The van der Waals surface area contributed by atoms with Gasteiger partial charge in [0.25, 0.3) is 15.9 Å². The van der Waals surface area contributed by atoms with Crippen molar-refractivity contribution in [1.29, 1.82) is 0 Å². The number of hydrogen-bond acceptors (Lipinski definition) is 6. The largest absolute Gasteiger partial charge is 0.482 e. The van der Waals surface area contributed by atoms with Crippen LogP contribution in [0.25, 0.3) is 11.0 Å². The Morgan fingerprint density at radius 2 is 1.96 bits per heavy atom. The van der Waals surface area contributed by atoms with E-state index in [-0.39, 0.29) is 28.9 Å². The topological polar surface area (TPSA) is 127 Å². The minimum absolute atomic E-state index is 0.00926. The maximum atomic E-state index is 12.5. The number of sulfonamides is 1. The molecule has 4 rings (SSSR count). The number of benzene rings is 2. The van der Waals surface area contributed by atoms with E-state index in [0.717, 1.165) is 5.39 Å². The molecule has 9 nitrogen and oxygen atoms in total. The van der Waals surface area contributed by atoms with Gasteiger partial charge >= 0.3 is 5.91 Å². The molecule has 1 aliphatic rings. The van der Waals surface area contributed by atoms with Crippen LogP contribution in [0.15, 0.2) is 51.8 Å². The Kier molecular flexibility index (Phi) is 4.28. The van der Waals surface area contributed by atoms with Gasteiger partial charge in [-0.05, 0) is 31.2 Å². The van der Waals surface area contributed by atoms with Crippen LogP contribution in [0.4, 0.5) is 5.69 Å².